The molecule has 0 atom stereocenters. The van der Waals surface area contributed by atoms with Gasteiger partial charge in [-0.15, -0.1) is 11.8 Å². The van der Waals surface area contributed by atoms with Crippen LogP contribution >= 0.6 is 11.8 Å². The van der Waals surface area contributed by atoms with Crippen molar-refractivity contribution in [2.45, 2.75) is 24.3 Å². The van der Waals surface area contributed by atoms with E-state index < -0.39 is 5.82 Å². The van der Waals surface area contributed by atoms with Crippen LogP contribution in [0.2, 0.25) is 0 Å². The van der Waals surface area contributed by atoms with Crippen LogP contribution in [0.25, 0.3) is 10.9 Å². The number of halogens is 1. The topological polar surface area (TPSA) is 98.7 Å². The van der Waals surface area contributed by atoms with E-state index in [1.807, 2.05) is 35.4 Å². The maximum Gasteiger partial charge on any atom is 0.251 e. The van der Waals surface area contributed by atoms with Crippen LogP contribution in [-0.2, 0) is 17.7 Å². The van der Waals surface area contributed by atoms with E-state index in [-0.39, 0.29) is 23.8 Å². The molecule has 0 unspecified atom stereocenters. The molecule has 9 nitrogen and oxygen atoms in total. The summed E-state index contributed by atoms with van der Waals surface area (Å²) in [6.07, 6.45) is 5.16. The fourth-order valence-electron chi connectivity index (χ4n) is 4.65. The molecule has 0 saturated heterocycles. The Balaban J connectivity index is 1.19. The molecule has 1 amide bonds. The van der Waals surface area contributed by atoms with Gasteiger partial charge in [-0.05, 0) is 54.8 Å². The number of benzene rings is 1. The first-order valence-corrected chi connectivity index (χ1v) is 14.1. The van der Waals surface area contributed by atoms with Crippen molar-refractivity contribution >= 4 is 40.2 Å². The predicted octanol–water partition coefficient (Wildman–Crippen LogP) is 4.69. The number of anilines is 2. The van der Waals surface area contributed by atoms with Crippen LogP contribution in [0.1, 0.15) is 28.0 Å². The van der Waals surface area contributed by atoms with Crippen molar-refractivity contribution in [1.82, 2.24) is 20.3 Å². The quantitative estimate of drug-likeness (QED) is 0.345. The van der Waals surface area contributed by atoms with Gasteiger partial charge in [-0.3, -0.25) is 9.78 Å². The Bertz CT molecular complexity index is 1570. The highest BCUT2D eigenvalue weighted by Crippen LogP contribution is 2.36. The number of carbonyl (C=O) groups is 1. The molecule has 1 aromatic carbocycles. The average molecular weight is 562 g/mol. The lowest BCUT2D eigenvalue weighted by atomic mass is 10.2. The fourth-order valence-corrected chi connectivity index (χ4v) is 5.63. The summed E-state index contributed by atoms with van der Waals surface area (Å²) in [5.41, 5.74) is 2.68. The minimum Gasteiger partial charge on any atom is -0.489 e. The number of fused-ring (bicyclic) bond motifs is 3. The number of nitrogens with one attached hydrogen (secondary N) is 1. The lowest BCUT2D eigenvalue weighted by Crippen LogP contribution is -2.30. The zero-order valence-corrected chi connectivity index (χ0v) is 22.8. The van der Waals surface area contributed by atoms with Gasteiger partial charge in [-0.25, -0.2) is 14.4 Å². The summed E-state index contributed by atoms with van der Waals surface area (Å²) in [5.74, 6) is 2.32. The molecular formula is C29H28FN5O4S. The molecule has 3 aromatic heterocycles. The zero-order chi connectivity index (χ0) is 27.5. The number of aromatic nitrogens is 3. The molecule has 0 aliphatic carbocycles. The molecule has 0 spiro atoms. The molecule has 2 aliphatic heterocycles. The first kappa shape index (κ1) is 26.3. The van der Waals surface area contributed by atoms with Crippen LogP contribution in [0, 0.1) is 5.82 Å². The van der Waals surface area contributed by atoms with Gasteiger partial charge < -0.3 is 24.4 Å². The molecule has 0 radical (unpaired) electrons. The zero-order valence-electron chi connectivity index (χ0n) is 22.0. The van der Waals surface area contributed by atoms with Gasteiger partial charge in [0.15, 0.2) is 23.1 Å². The fraction of sp³-hybridized carbons (Fsp3) is 0.310. The number of methoxy groups -OCH3 is 1. The third-order valence-electron chi connectivity index (χ3n) is 6.70. The summed E-state index contributed by atoms with van der Waals surface area (Å²) >= 11 is 1.50. The number of thioether (sulfide) groups is 1. The lowest BCUT2D eigenvalue weighted by molar-refractivity contribution is 0.0949. The predicted molar refractivity (Wildman–Crippen MR) is 150 cm³/mol. The minimum absolute atomic E-state index is 0.176. The van der Waals surface area contributed by atoms with E-state index in [1.165, 1.54) is 17.8 Å². The van der Waals surface area contributed by atoms with Gasteiger partial charge in [-0.1, -0.05) is 0 Å². The van der Waals surface area contributed by atoms with Crippen molar-refractivity contribution in [3.8, 4) is 11.5 Å². The van der Waals surface area contributed by atoms with Crippen LogP contribution in [0.3, 0.4) is 0 Å². The van der Waals surface area contributed by atoms with E-state index in [0.29, 0.717) is 37.0 Å². The highest BCUT2D eigenvalue weighted by molar-refractivity contribution is 7.99. The molecule has 0 fully saturated rings. The second kappa shape index (κ2) is 11.6. The van der Waals surface area contributed by atoms with Crippen LogP contribution in [0.15, 0.2) is 53.7 Å². The first-order chi connectivity index (χ1) is 19.6. The van der Waals surface area contributed by atoms with Crippen LogP contribution in [-0.4, -0.2) is 60.1 Å². The van der Waals surface area contributed by atoms with Crippen LogP contribution < -0.4 is 19.7 Å². The van der Waals surface area contributed by atoms with Crippen molar-refractivity contribution in [2.75, 3.05) is 44.1 Å². The maximum absolute atomic E-state index is 14.6. The summed E-state index contributed by atoms with van der Waals surface area (Å²) in [5, 5.41) is 3.72. The number of rotatable bonds is 7. The van der Waals surface area contributed by atoms with Gasteiger partial charge in [0.05, 0.1) is 42.4 Å². The number of hydrogen-bond donors (Lipinski definition) is 1. The summed E-state index contributed by atoms with van der Waals surface area (Å²) in [7, 11) is 1.68. The molecule has 6 rings (SSSR count). The van der Waals surface area contributed by atoms with Gasteiger partial charge in [0.1, 0.15) is 12.4 Å². The third kappa shape index (κ3) is 5.52. The third-order valence-corrected chi connectivity index (χ3v) is 7.81. The van der Waals surface area contributed by atoms with E-state index in [4.69, 9.17) is 19.2 Å². The molecule has 1 N–H and O–H groups in total. The maximum atomic E-state index is 14.6. The number of carbonyl (C=O) groups excluding carboxylic acids is 1. The largest absolute Gasteiger partial charge is 0.489 e. The Labute approximate surface area is 235 Å². The Hall–Kier alpha value is -3.96. The molecule has 206 valence electrons. The smallest absolute Gasteiger partial charge is 0.251 e. The number of nitrogens with zero attached hydrogens (tertiary/aromatic N) is 4. The Morgan fingerprint density at radius 1 is 1.15 bits per heavy atom. The van der Waals surface area contributed by atoms with E-state index >= 15 is 0 Å². The molecule has 4 aromatic rings. The second-order valence-corrected chi connectivity index (χ2v) is 10.6. The molecule has 11 heteroatoms. The summed E-state index contributed by atoms with van der Waals surface area (Å²) < 4.78 is 31.2. The molecule has 0 bridgehead atoms. The van der Waals surface area contributed by atoms with E-state index in [2.05, 4.69) is 15.3 Å². The van der Waals surface area contributed by atoms with Crippen LogP contribution in [0.5, 0.6) is 11.5 Å². The Kier molecular flexibility index (Phi) is 7.65. The standard InChI is InChI=1S/C29H28FN5O4S/c1-37-8-5-18-11-24-28(32-15-18)35(6-9-38-24)26-4-3-19-16-31-21(14-23(19)34-26)17-33-29(36)20-12-22(30)27-25(13-20)40-10-2-7-39-27/h3-4,11-16H,2,5-10,17H2,1H3,(H,33,36). The number of hydrogen-bond acceptors (Lipinski definition) is 9. The summed E-state index contributed by atoms with van der Waals surface area (Å²) in [6.45, 7) is 2.39. The van der Waals surface area contributed by atoms with Gasteiger partial charge >= 0.3 is 0 Å². The number of ether oxygens (including phenoxy) is 3. The SMILES string of the molecule is COCCc1cnc2c(c1)OCCN2c1ccc2cnc(CNC(=O)c3cc(F)c4c(c3)SCCCO4)cc2n1. The molecule has 2 aliphatic rings. The van der Waals surface area contributed by atoms with Crippen molar-refractivity contribution in [2.24, 2.45) is 0 Å². The second-order valence-electron chi connectivity index (χ2n) is 9.46. The lowest BCUT2D eigenvalue weighted by Gasteiger charge is -2.29. The normalized spacial score (nSPS) is 14.5. The molecular weight excluding hydrogens is 533 g/mol. The van der Waals surface area contributed by atoms with Crippen LogP contribution in [0.4, 0.5) is 16.0 Å². The van der Waals surface area contributed by atoms with Gasteiger partial charge in [0, 0.05) is 36.2 Å². The Morgan fingerprint density at radius 3 is 2.98 bits per heavy atom. The Morgan fingerprint density at radius 2 is 2.08 bits per heavy atom. The van der Waals surface area contributed by atoms with Crippen molar-refractivity contribution in [3.63, 3.8) is 0 Å². The highest BCUT2D eigenvalue weighted by Gasteiger charge is 2.23. The number of amides is 1. The monoisotopic (exact) mass is 561 g/mol. The summed E-state index contributed by atoms with van der Waals surface area (Å²) in [4.78, 5) is 29.5. The average Bonchev–Trinajstić information content (AvgIpc) is 3.24. The minimum atomic E-state index is -0.525. The molecule has 40 heavy (non-hydrogen) atoms. The summed E-state index contributed by atoms with van der Waals surface area (Å²) in [6, 6.07) is 10.7. The van der Waals surface area contributed by atoms with Crippen molar-refractivity contribution in [3.05, 3.63) is 71.4 Å². The van der Waals surface area contributed by atoms with Gasteiger partial charge in [0.25, 0.3) is 5.91 Å². The van der Waals surface area contributed by atoms with E-state index in [0.717, 1.165) is 52.4 Å². The van der Waals surface area contributed by atoms with Crippen molar-refractivity contribution < 1.29 is 23.4 Å². The van der Waals surface area contributed by atoms with E-state index in [1.54, 1.807) is 19.4 Å². The van der Waals surface area contributed by atoms with E-state index in [9.17, 15) is 9.18 Å². The van der Waals surface area contributed by atoms with Gasteiger partial charge in [-0.2, -0.15) is 0 Å². The van der Waals surface area contributed by atoms with Crippen molar-refractivity contribution in [1.29, 1.82) is 0 Å². The first-order valence-electron chi connectivity index (χ1n) is 13.1. The van der Waals surface area contributed by atoms with Gasteiger partial charge in [0.2, 0.25) is 0 Å². The highest BCUT2D eigenvalue weighted by atomic mass is 32.2. The number of pyridine rings is 3. The molecule has 0 saturated carbocycles. The molecule has 5 heterocycles.